The van der Waals surface area contributed by atoms with E-state index in [0.29, 0.717) is 30.9 Å². The highest BCUT2D eigenvalue weighted by molar-refractivity contribution is 5.94. The van der Waals surface area contributed by atoms with Crippen LogP contribution in [0.5, 0.6) is 0 Å². The van der Waals surface area contributed by atoms with E-state index in [1.807, 2.05) is 12.1 Å². The molecule has 0 unspecified atom stereocenters. The summed E-state index contributed by atoms with van der Waals surface area (Å²) in [5.74, 6) is 0.194. The van der Waals surface area contributed by atoms with Gasteiger partial charge in [0.2, 0.25) is 0 Å². The molecule has 2 N–H and O–H groups in total. The molecule has 0 saturated carbocycles. The molecule has 0 aliphatic carbocycles. The molecule has 0 atom stereocenters. The van der Waals surface area contributed by atoms with Crippen LogP contribution >= 0.6 is 0 Å². The largest absolute Gasteiger partial charge is 0.366 e. The van der Waals surface area contributed by atoms with Gasteiger partial charge in [-0.25, -0.2) is 9.37 Å². The van der Waals surface area contributed by atoms with Gasteiger partial charge in [-0.15, -0.1) is 0 Å². The Hall–Kier alpha value is -3.28. The predicted molar refractivity (Wildman–Crippen MR) is 98.2 cm³/mol. The van der Waals surface area contributed by atoms with Crippen LogP contribution in [0.25, 0.3) is 0 Å². The highest BCUT2D eigenvalue weighted by Gasteiger charge is 2.07. The molecule has 2 heterocycles. The summed E-state index contributed by atoms with van der Waals surface area (Å²) in [6, 6.07) is 13.5. The number of amides is 1. The number of nitrogens with one attached hydrogen (secondary N) is 2. The zero-order valence-corrected chi connectivity index (χ0v) is 14.2. The molecule has 0 spiro atoms. The molecule has 3 aromatic rings. The lowest BCUT2D eigenvalue weighted by molar-refractivity contribution is 0.0954. The van der Waals surface area contributed by atoms with Gasteiger partial charge in [0, 0.05) is 37.2 Å². The van der Waals surface area contributed by atoms with Crippen LogP contribution < -0.4 is 10.6 Å². The van der Waals surface area contributed by atoms with E-state index < -0.39 is 0 Å². The van der Waals surface area contributed by atoms with Crippen molar-refractivity contribution >= 4 is 11.7 Å². The number of anilines is 1. The van der Waals surface area contributed by atoms with Crippen molar-refractivity contribution in [3.63, 3.8) is 0 Å². The van der Waals surface area contributed by atoms with Gasteiger partial charge < -0.3 is 10.6 Å². The van der Waals surface area contributed by atoms with Crippen LogP contribution in [0.4, 0.5) is 10.2 Å². The summed E-state index contributed by atoms with van der Waals surface area (Å²) >= 11 is 0. The molecule has 1 amide bonds. The summed E-state index contributed by atoms with van der Waals surface area (Å²) in [4.78, 5) is 20.6. The molecule has 5 nitrogen and oxygen atoms in total. The summed E-state index contributed by atoms with van der Waals surface area (Å²) in [6.45, 7) is 1.06. The van der Waals surface area contributed by atoms with Crippen LogP contribution in [0, 0.1) is 5.82 Å². The maximum Gasteiger partial charge on any atom is 0.251 e. The van der Waals surface area contributed by atoms with Gasteiger partial charge in [0.15, 0.2) is 0 Å². The Kier molecular flexibility index (Phi) is 5.88. The number of carbonyl (C=O) groups excluding carboxylic acids is 1. The fraction of sp³-hybridized carbons (Fsp3) is 0.150. The van der Waals surface area contributed by atoms with Crippen LogP contribution in [-0.4, -0.2) is 22.4 Å². The second kappa shape index (κ2) is 8.71. The SMILES string of the molecule is O=C(NCCc1ccc(F)cc1)c1ccnc(NCc2cccnc2)c1. The highest BCUT2D eigenvalue weighted by Crippen LogP contribution is 2.09. The molecule has 6 heteroatoms. The van der Waals surface area contributed by atoms with Crippen molar-refractivity contribution in [2.75, 3.05) is 11.9 Å². The third-order valence-corrected chi connectivity index (χ3v) is 3.83. The normalized spacial score (nSPS) is 10.3. The smallest absolute Gasteiger partial charge is 0.251 e. The van der Waals surface area contributed by atoms with Crippen molar-refractivity contribution in [1.82, 2.24) is 15.3 Å². The number of hydrogen-bond acceptors (Lipinski definition) is 4. The molecule has 0 aliphatic heterocycles. The first kappa shape index (κ1) is 17.5. The van der Waals surface area contributed by atoms with Crippen molar-refractivity contribution < 1.29 is 9.18 Å². The fourth-order valence-corrected chi connectivity index (χ4v) is 2.44. The van der Waals surface area contributed by atoms with Crippen LogP contribution in [0.3, 0.4) is 0 Å². The van der Waals surface area contributed by atoms with Gasteiger partial charge in [0.1, 0.15) is 11.6 Å². The zero-order chi connectivity index (χ0) is 18.2. The van der Waals surface area contributed by atoms with E-state index in [0.717, 1.165) is 11.1 Å². The molecule has 0 aliphatic rings. The molecule has 3 rings (SSSR count). The minimum absolute atomic E-state index is 0.168. The number of halogens is 1. The first-order valence-corrected chi connectivity index (χ1v) is 8.32. The first-order valence-electron chi connectivity index (χ1n) is 8.32. The molecule has 26 heavy (non-hydrogen) atoms. The second-order valence-electron chi connectivity index (χ2n) is 5.78. The lowest BCUT2D eigenvalue weighted by Crippen LogP contribution is -2.25. The summed E-state index contributed by atoms with van der Waals surface area (Å²) in [5.41, 5.74) is 2.54. The quantitative estimate of drug-likeness (QED) is 0.687. The average Bonchev–Trinajstić information content (AvgIpc) is 2.69. The molecule has 0 saturated heterocycles. The van der Waals surface area contributed by atoms with Crippen LogP contribution in [0.1, 0.15) is 21.5 Å². The van der Waals surface area contributed by atoms with E-state index in [4.69, 9.17) is 0 Å². The zero-order valence-electron chi connectivity index (χ0n) is 14.2. The van der Waals surface area contributed by atoms with E-state index >= 15 is 0 Å². The maximum atomic E-state index is 12.9. The van der Waals surface area contributed by atoms with Crippen molar-refractivity contribution in [2.24, 2.45) is 0 Å². The first-order chi connectivity index (χ1) is 12.7. The number of aromatic nitrogens is 2. The lowest BCUT2D eigenvalue weighted by atomic mass is 10.1. The third-order valence-electron chi connectivity index (χ3n) is 3.83. The van der Waals surface area contributed by atoms with Crippen molar-refractivity contribution in [1.29, 1.82) is 0 Å². The van der Waals surface area contributed by atoms with E-state index in [-0.39, 0.29) is 11.7 Å². The van der Waals surface area contributed by atoms with E-state index in [2.05, 4.69) is 20.6 Å². The number of benzene rings is 1. The van der Waals surface area contributed by atoms with Gasteiger partial charge in [-0.05, 0) is 47.9 Å². The van der Waals surface area contributed by atoms with Gasteiger partial charge in [0.05, 0.1) is 0 Å². The summed E-state index contributed by atoms with van der Waals surface area (Å²) in [5, 5.41) is 6.04. The minimum Gasteiger partial charge on any atom is -0.366 e. The number of hydrogen-bond donors (Lipinski definition) is 2. The Balaban J connectivity index is 1.51. The van der Waals surface area contributed by atoms with Gasteiger partial charge in [0.25, 0.3) is 5.91 Å². The van der Waals surface area contributed by atoms with Crippen molar-refractivity contribution in [3.8, 4) is 0 Å². The Labute approximate surface area is 151 Å². The van der Waals surface area contributed by atoms with E-state index in [1.165, 1.54) is 12.1 Å². The number of carbonyl (C=O) groups is 1. The molecule has 1 aromatic carbocycles. The number of rotatable bonds is 7. The predicted octanol–water partition coefficient (Wildman–Crippen LogP) is 3.20. The average molecular weight is 350 g/mol. The van der Waals surface area contributed by atoms with Gasteiger partial charge in [-0.3, -0.25) is 9.78 Å². The maximum absolute atomic E-state index is 12.9. The molecule has 132 valence electrons. The number of nitrogens with zero attached hydrogens (tertiary/aromatic N) is 2. The summed E-state index contributed by atoms with van der Waals surface area (Å²) < 4.78 is 12.9. The Bertz CT molecular complexity index is 853. The van der Waals surface area contributed by atoms with Crippen LogP contribution in [0.15, 0.2) is 67.1 Å². The van der Waals surface area contributed by atoms with E-state index in [1.54, 1.807) is 42.9 Å². The molecule has 0 radical (unpaired) electrons. The number of pyridine rings is 2. The summed E-state index contributed by atoms with van der Waals surface area (Å²) in [7, 11) is 0. The molecular formula is C20H19FN4O. The fourth-order valence-electron chi connectivity index (χ4n) is 2.44. The molecule has 0 fully saturated rings. The minimum atomic E-state index is -0.263. The molecular weight excluding hydrogens is 331 g/mol. The van der Waals surface area contributed by atoms with Crippen molar-refractivity contribution in [3.05, 3.63) is 89.6 Å². The lowest BCUT2D eigenvalue weighted by Gasteiger charge is -2.08. The van der Waals surface area contributed by atoms with Crippen molar-refractivity contribution in [2.45, 2.75) is 13.0 Å². The Morgan fingerprint density at radius 1 is 1.04 bits per heavy atom. The Morgan fingerprint density at radius 3 is 2.65 bits per heavy atom. The topological polar surface area (TPSA) is 66.9 Å². The van der Waals surface area contributed by atoms with E-state index in [9.17, 15) is 9.18 Å². The summed E-state index contributed by atoms with van der Waals surface area (Å²) in [6.07, 6.45) is 5.74. The van der Waals surface area contributed by atoms with Crippen LogP contribution in [-0.2, 0) is 13.0 Å². The molecule has 0 bridgehead atoms. The van der Waals surface area contributed by atoms with Gasteiger partial charge in [-0.1, -0.05) is 18.2 Å². The van der Waals surface area contributed by atoms with Gasteiger partial charge >= 0.3 is 0 Å². The Morgan fingerprint density at radius 2 is 1.88 bits per heavy atom. The molecule has 2 aromatic heterocycles. The van der Waals surface area contributed by atoms with Gasteiger partial charge in [-0.2, -0.15) is 0 Å². The standard InChI is InChI=1S/C20H19FN4O/c21-18-5-3-15(4-6-18)7-10-24-20(26)17-8-11-23-19(12-17)25-14-16-2-1-9-22-13-16/h1-6,8-9,11-13H,7,10,14H2,(H,23,25)(H,24,26). The van der Waals surface area contributed by atoms with Crippen LogP contribution in [0.2, 0.25) is 0 Å². The third kappa shape index (κ3) is 5.11. The monoisotopic (exact) mass is 350 g/mol. The second-order valence-corrected chi connectivity index (χ2v) is 5.78. The highest BCUT2D eigenvalue weighted by atomic mass is 19.1.